The van der Waals surface area contributed by atoms with Gasteiger partial charge in [-0.05, 0) is 38.3 Å². The Kier molecular flexibility index (Phi) is 11.5. The van der Waals surface area contributed by atoms with E-state index >= 15 is 0 Å². The number of piperidine rings is 1. The molecule has 0 bridgehead atoms. The first-order chi connectivity index (χ1) is 12.2. The zero-order valence-corrected chi connectivity index (χ0v) is 18.8. The number of amides is 1. The molecule has 1 amide bonds. The number of hydrogen-bond donors (Lipinski definition) is 2. The SMILES string of the molecule is CCC(=O)N1CCC(NC(=NC)NCC2CCN(CCOC)CC2)C1.I. The quantitative estimate of drug-likeness (QED) is 0.324. The third-order valence-corrected chi connectivity index (χ3v) is 5.28. The van der Waals surface area contributed by atoms with Crippen LogP contribution in [0.2, 0.25) is 0 Å². The zero-order chi connectivity index (χ0) is 18.1. The highest BCUT2D eigenvalue weighted by atomic mass is 127. The van der Waals surface area contributed by atoms with E-state index in [2.05, 4.69) is 20.5 Å². The molecule has 0 spiro atoms. The fourth-order valence-electron chi connectivity index (χ4n) is 3.59. The number of methoxy groups -OCH3 is 1. The van der Waals surface area contributed by atoms with Gasteiger partial charge in [-0.1, -0.05) is 6.92 Å². The molecule has 2 heterocycles. The number of carbonyl (C=O) groups excluding carboxylic acids is 1. The van der Waals surface area contributed by atoms with Gasteiger partial charge in [-0.2, -0.15) is 0 Å². The molecule has 2 N–H and O–H groups in total. The smallest absolute Gasteiger partial charge is 0.222 e. The zero-order valence-electron chi connectivity index (χ0n) is 16.5. The fraction of sp³-hybridized carbons (Fsp3) is 0.889. The summed E-state index contributed by atoms with van der Waals surface area (Å²) in [6, 6.07) is 0.303. The highest BCUT2D eigenvalue weighted by Crippen LogP contribution is 2.16. The van der Waals surface area contributed by atoms with Crippen molar-refractivity contribution in [1.82, 2.24) is 20.4 Å². The Morgan fingerprint density at radius 2 is 1.96 bits per heavy atom. The summed E-state index contributed by atoms with van der Waals surface area (Å²) in [6.45, 7) is 8.67. The molecule has 2 rings (SSSR count). The molecule has 0 aromatic heterocycles. The monoisotopic (exact) mass is 481 g/mol. The minimum absolute atomic E-state index is 0. The van der Waals surface area contributed by atoms with Gasteiger partial charge in [0.05, 0.1) is 6.61 Å². The molecule has 0 aliphatic carbocycles. The van der Waals surface area contributed by atoms with Crippen molar-refractivity contribution in [2.45, 2.75) is 38.6 Å². The predicted octanol–water partition coefficient (Wildman–Crippen LogP) is 1.14. The number of rotatable bonds is 7. The van der Waals surface area contributed by atoms with E-state index in [1.54, 1.807) is 7.11 Å². The molecule has 1 atom stereocenters. The van der Waals surface area contributed by atoms with Crippen molar-refractivity contribution >= 4 is 35.8 Å². The third-order valence-electron chi connectivity index (χ3n) is 5.28. The van der Waals surface area contributed by atoms with Crippen LogP contribution in [0.3, 0.4) is 0 Å². The van der Waals surface area contributed by atoms with Crippen molar-refractivity contribution in [3.8, 4) is 0 Å². The molecule has 2 saturated heterocycles. The number of nitrogens with one attached hydrogen (secondary N) is 2. The Morgan fingerprint density at radius 1 is 1.23 bits per heavy atom. The second-order valence-corrected chi connectivity index (χ2v) is 7.05. The first-order valence-electron chi connectivity index (χ1n) is 9.62. The Hall–Kier alpha value is -0.610. The van der Waals surface area contributed by atoms with Gasteiger partial charge in [0.15, 0.2) is 5.96 Å². The molecule has 7 nitrogen and oxygen atoms in total. The van der Waals surface area contributed by atoms with Crippen LogP contribution < -0.4 is 10.6 Å². The van der Waals surface area contributed by atoms with Crippen LogP contribution in [0, 0.1) is 5.92 Å². The third kappa shape index (κ3) is 7.56. The largest absolute Gasteiger partial charge is 0.383 e. The van der Waals surface area contributed by atoms with Gasteiger partial charge in [0.2, 0.25) is 5.91 Å². The van der Waals surface area contributed by atoms with Gasteiger partial charge >= 0.3 is 0 Å². The maximum atomic E-state index is 11.8. The number of halogens is 1. The lowest BCUT2D eigenvalue weighted by molar-refractivity contribution is -0.129. The number of guanidine groups is 1. The maximum Gasteiger partial charge on any atom is 0.222 e. The Labute approximate surface area is 175 Å². The van der Waals surface area contributed by atoms with E-state index in [1.807, 2.05) is 18.9 Å². The first-order valence-corrected chi connectivity index (χ1v) is 9.62. The molecule has 1 unspecified atom stereocenters. The molecule has 2 aliphatic heterocycles. The fourth-order valence-corrected chi connectivity index (χ4v) is 3.59. The highest BCUT2D eigenvalue weighted by Gasteiger charge is 2.26. The van der Waals surface area contributed by atoms with Gasteiger partial charge in [0.25, 0.3) is 0 Å². The molecule has 2 fully saturated rings. The van der Waals surface area contributed by atoms with Gasteiger partial charge < -0.3 is 25.2 Å². The Balaban J connectivity index is 0.00000338. The molecule has 0 aromatic carbocycles. The number of aliphatic imine (C=N–C) groups is 1. The van der Waals surface area contributed by atoms with Crippen molar-refractivity contribution in [2.75, 3.05) is 60.0 Å². The van der Waals surface area contributed by atoms with Crippen molar-refractivity contribution < 1.29 is 9.53 Å². The van der Waals surface area contributed by atoms with E-state index in [4.69, 9.17) is 4.74 Å². The van der Waals surface area contributed by atoms with E-state index in [9.17, 15) is 4.79 Å². The number of ether oxygens (including phenoxy) is 1. The van der Waals surface area contributed by atoms with Crippen molar-refractivity contribution in [2.24, 2.45) is 10.9 Å². The van der Waals surface area contributed by atoms with E-state index in [1.165, 1.54) is 12.8 Å². The van der Waals surface area contributed by atoms with Crippen LogP contribution in [-0.2, 0) is 9.53 Å². The Bertz CT molecular complexity index is 441. The molecular weight excluding hydrogens is 445 g/mol. The minimum Gasteiger partial charge on any atom is -0.383 e. The molecule has 152 valence electrons. The summed E-state index contributed by atoms with van der Waals surface area (Å²) in [6.07, 6.45) is 4.01. The normalized spacial score (nSPS) is 22.2. The summed E-state index contributed by atoms with van der Waals surface area (Å²) in [5, 5.41) is 6.94. The van der Waals surface area contributed by atoms with Crippen LogP contribution in [0.4, 0.5) is 0 Å². The first kappa shape index (κ1) is 23.4. The second kappa shape index (κ2) is 12.7. The van der Waals surface area contributed by atoms with Gasteiger partial charge in [-0.3, -0.25) is 9.79 Å². The van der Waals surface area contributed by atoms with Crippen molar-refractivity contribution in [3.05, 3.63) is 0 Å². The number of hydrogen-bond acceptors (Lipinski definition) is 4. The lowest BCUT2D eigenvalue weighted by Crippen LogP contribution is -2.47. The maximum absolute atomic E-state index is 11.8. The average molecular weight is 481 g/mol. The summed E-state index contributed by atoms with van der Waals surface area (Å²) in [5.74, 6) is 1.80. The van der Waals surface area contributed by atoms with Gasteiger partial charge in [-0.25, -0.2) is 0 Å². The van der Waals surface area contributed by atoms with Crippen LogP contribution in [-0.4, -0.2) is 87.7 Å². The minimum atomic E-state index is 0. The van der Waals surface area contributed by atoms with Crippen LogP contribution in [0.1, 0.15) is 32.6 Å². The van der Waals surface area contributed by atoms with Gasteiger partial charge in [0.1, 0.15) is 0 Å². The van der Waals surface area contributed by atoms with Crippen LogP contribution in [0.5, 0.6) is 0 Å². The van der Waals surface area contributed by atoms with Crippen LogP contribution >= 0.6 is 24.0 Å². The molecule has 8 heteroatoms. The number of carbonyl (C=O) groups is 1. The summed E-state index contributed by atoms with van der Waals surface area (Å²) in [7, 11) is 3.57. The predicted molar refractivity (Wildman–Crippen MR) is 116 cm³/mol. The standard InChI is InChI=1S/C18H35N5O2.HI/c1-4-17(24)23-10-7-16(14-23)21-18(19-2)20-13-15-5-8-22(9-6-15)11-12-25-3;/h15-16H,4-14H2,1-3H3,(H2,19,20,21);1H. The molecular formula is C18H36IN5O2. The molecule has 0 aromatic rings. The van der Waals surface area contributed by atoms with E-state index < -0.39 is 0 Å². The van der Waals surface area contributed by atoms with Crippen LogP contribution in [0.15, 0.2) is 4.99 Å². The second-order valence-electron chi connectivity index (χ2n) is 7.05. The number of nitrogens with zero attached hydrogens (tertiary/aromatic N) is 3. The van der Waals surface area contributed by atoms with Gasteiger partial charge in [0, 0.05) is 52.8 Å². The van der Waals surface area contributed by atoms with E-state index in [0.717, 1.165) is 58.3 Å². The lowest BCUT2D eigenvalue weighted by atomic mass is 9.97. The summed E-state index contributed by atoms with van der Waals surface area (Å²) >= 11 is 0. The molecule has 0 radical (unpaired) electrons. The van der Waals surface area contributed by atoms with E-state index in [-0.39, 0.29) is 29.9 Å². The summed E-state index contributed by atoms with van der Waals surface area (Å²) in [5.41, 5.74) is 0. The van der Waals surface area contributed by atoms with Crippen molar-refractivity contribution in [3.63, 3.8) is 0 Å². The highest BCUT2D eigenvalue weighted by molar-refractivity contribution is 14.0. The lowest BCUT2D eigenvalue weighted by Gasteiger charge is -2.32. The average Bonchev–Trinajstić information content (AvgIpc) is 3.12. The Morgan fingerprint density at radius 3 is 2.58 bits per heavy atom. The van der Waals surface area contributed by atoms with E-state index in [0.29, 0.717) is 18.4 Å². The van der Waals surface area contributed by atoms with Crippen molar-refractivity contribution in [1.29, 1.82) is 0 Å². The topological polar surface area (TPSA) is 69.2 Å². The van der Waals surface area contributed by atoms with Crippen LogP contribution in [0.25, 0.3) is 0 Å². The number of likely N-dealkylation sites (tertiary alicyclic amines) is 2. The molecule has 2 aliphatic rings. The summed E-state index contributed by atoms with van der Waals surface area (Å²) in [4.78, 5) is 20.5. The molecule has 26 heavy (non-hydrogen) atoms. The summed E-state index contributed by atoms with van der Waals surface area (Å²) < 4.78 is 5.16. The molecule has 0 saturated carbocycles. The van der Waals surface area contributed by atoms with Gasteiger partial charge in [-0.15, -0.1) is 24.0 Å².